The van der Waals surface area contributed by atoms with Crippen molar-refractivity contribution >= 4 is 43.5 Å². The molecule has 1 atom stereocenters. The van der Waals surface area contributed by atoms with E-state index in [1.165, 1.54) is 18.2 Å². The van der Waals surface area contributed by atoms with Crippen LogP contribution in [0.15, 0.2) is 27.6 Å². The second-order valence-corrected chi connectivity index (χ2v) is 6.47. The first-order valence-corrected chi connectivity index (χ1v) is 7.63. The average molecular weight is 357 g/mol. The fraction of sp³-hybridized carbons (Fsp3) is 0.300. The van der Waals surface area contributed by atoms with E-state index in [1.807, 2.05) is 0 Å². The van der Waals surface area contributed by atoms with Gasteiger partial charge in [0.15, 0.2) is 0 Å². The molecule has 0 radical (unpaired) electrons. The molecule has 1 rings (SSSR count). The Morgan fingerprint density at radius 1 is 1.56 bits per heavy atom. The molecule has 0 aliphatic heterocycles. The monoisotopic (exact) mass is 355 g/mol. The first kappa shape index (κ1) is 15.4. The Morgan fingerprint density at radius 2 is 2.17 bits per heavy atom. The Kier molecular flexibility index (Phi) is 5.15. The lowest BCUT2D eigenvalue weighted by Crippen LogP contribution is -2.40. The van der Waals surface area contributed by atoms with Gasteiger partial charge in [-0.3, -0.25) is 4.79 Å². The van der Waals surface area contributed by atoms with Crippen LogP contribution in [0.2, 0.25) is 5.02 Å². The van der Waals surface area contributed by atoms with E-state index in [-0.39, 0.29) is 11.3 Å². The van der Waals surface area contributed by atoms with Crippen LogP contribution in [0.5, 0.6) is 0 Å². The molecule has 1 aromatic rings. The smallest absolute Gasteiger partial charge is 0.321 e. The number of hydrogen-bond acceptors (Lipinski definition) is 3. The van der Waals surface area contributed by atoms with Crippen LogP contribution in [0, 0.1) is 0 Å². The molecule has 0 spiro atoms. The van der Waals surface area contributed by atoms with Crippen molar-refractivity contribution in [2.24, 2.45) is 0 Å². The topological polar surface area (TPSA) is 83.5 Å². The number of halogens is 2. The summed E-state index contributed by atoms with van der Waals surface area (Å²) in [6.07, 6.45) is 0.156. The SMILES string of the molecule is CCC(NS(=O)(=O)c1ccc(Cl)c(Br)c1)C(=O)O. The van der Waals surface area contributed by atoms with Crippen LogP contribution in [0.25, 0.3) is 0 Å². The highest BCUT2D eigenvalue weighted by atomic mass is 79.9. The van der Waals surface area contributed by atoms with Gasteiger partial charge in [-0.15, -0.1) is 0 Å². The number of aliphatic carboxylic acids is 1. The molecule has 100 valence electrons. The van der Waals surface area contributed by atoms with Crippen molar-refractivity contribution in [3.63, 3.8) is 0 Å². The second-order valence-electron chi connectivity index (χ2n) is 3.50. The number of carboxylic acids is 1. The molecule has 1 aromatic carbocycles. The Balaban J connectivity index is 3.06. The van der Waals surface area contributed by atoms with E-state index in [1.54, 1.807) is 6.92 Å². The van der Waals surface area contributed by atoms with Gasteiger partial charge in [-0.25, -0.2) is 8.42 Å². The fourth-order valence-corrected chi connectivity index (χ4v) is 3.15. The summed E-state index contributed by atoms with van der Waals surface area (Å²) in [5.74, 6) is -1.21. The summed E-state index contributed by atoms with van der Waals surface area (Å²) in [6, 6.07) is 2.90. The number of sulfonamides is 1. The van der Waals surface area contributed by atoms with Gasteiger partial charge >= 0.3 is 5.97 Å². The number of carbonyl (C=O) groups is 1. The maximum absolute atomic E-state index is 11.9. The predicted molar refractivity (Wildman–Crippen MR) is 71.2 cm³/mol. The van der Waals surface area contributed by atoms with Crippen LogP contribution in [0.1, 0.15) is 13.3 Å². The predicted octanol–water partition coefficient (Wildman–Crippen LogP) is 2.24. The summed E-state index contributed by atoms with van der Waals surface area (Å²) in [6.45, 7) is 1.58. The van der Waals surface area contributed by atoms with Gasteiger partial charge in [-0.1, -0.05) is 18.5 Å². The minimum Gasteiger partial charge on any atom is -0.480 e. The van der Waals surface area contributed by atoms with Gasteiger partial charge < -0.3 is 5.11 Å². The molecule has 5 nitrogen and oxygen atoms in total. The van der Waals surface area contributed by atoms with Crippen molar-refractivity contribution in [1.82, 2.24) is 4.72 Å². The van der Waals surface area contributed by atoms with E-state index in [0.717, 1.165) is 0 Å². The largest absolute Gasteiger partial charge is 0.480 e. The van der Waals surface area contributed by atoms with Crippen LogP contribution in [0.4, 0.5) is 0 Å². The van der Waals surface area contributed by atoms with Crippen LogP contribution >= 0.6 is 27.5 Å². The lowest BCUT2D eigenvalue weighted by molar-refractivity contribution is -0.139. The summed E-state index contributed by atoms with van der Waals surface area (Å²) in [7, 11) is -3.88. The van der Waals surface area contributed by atoms with E-state index in [4.69, 9.17) is 16.7 Å². The highest BCUT2D eigenvalue weighted by molar-refractivity contribution is 9.10. The molecule has 1 unspecified atom stereocenters. The summed E-state index contributed by atoms with van der Waals surface area (Å²) < 4.78 is 26.4. The minimum atomic E-state index is -3.88. The molecule has 0 fully saturated rings. The lowest BCUT2D eigenvalue weighted by Gasteiger charge is -2.13. The van der Waals surface area contributed by atoms with Gasteiger partial charge in [0.1, 0.15) is 6.04 Å². The molecular weight excluding hydrogens is 346 g/mol. The molecule has 2 N–H and O–H groups in total. The maximum Gasteiger partial charge on any atom is 0.321 e. The quantitative estimate of drug-likeness (QED) is 0.847. The van der Waals surface area contributed by atoms with Crippen LogP contribution in [-0.2, 0) is 14.8 Å². The minimum absolute atomic E-state index is 0.0431. The van der Waals surface area contributed by atoms with Crippen molar-refractivity contribution in [3.05, 3.63) is 27.7 Å². The zero-order valence-corrected chi connectivity index (χ0v) is 12.5. The number of carboxylic acid groups (broad SMARTS) is 1. The number of benzene rings is 1. The van der Waals surface area contributed by atoms with E-state index in [9.17, 15) is 13.2 Å². The summed E-state index contributed by atoms with van der Waals surface area (Å²) in [5.41, 5.74) is 0. The maximum atomic E-state index is 11.9. The van der Waals surface area contributed by atoms with E-state index in [2.05, 4.69) is 20.7 Å². The molecule has 0 amide bonds. The van der Waals surface area contributed by atoms with Crippen molar-refractivity contribution in [3.8, 4) is 0 Å². The molecule has 0 saturated carbocycles. The third-order valence-electron chi connectivity index (χ3n) is 2.21. The standard InChI is InChI=1S/C10H11BrClNO4S/c1-2-9(10(14)15)13-18(16,17)6-3-4-8(12)7(11)5-6/h3-5,9,13H,2H2,1H3,(H,14,15). The second kappa shape index (κ2) is 6.01. The van der Waals surface area contributed by atoms with Gasteiger partial charge in [-0.05, 0) is 40.5 Å². The Morgan fingerprint density at radius 3 is 2.61 bits per heavy atom. The molecule has 0 heterocycles. The van der Waals surface area contributed by atoms with Gasteiger partial charge in [0.05, 0.1) is 9.92 Å². The van der Waals surface area contributed by atoms with E-state index < -0.39 is 22.0 Å². The third kappa shape index (κ3) is 3.68. The average Bonchev–Trinajstić information content (AvgIpc) is 2.29. The summed E-state index contributed by atoms with van der Waals surface area (Å²) >= 11 is 8.87. The summed E-state index contributed by atoms with van der Waals surface area (Å²) in [4.78, 5) is 10.8. The van der Waals surface area contributed by atoms with Crippen molar-refractivity contribution in [2.75, 3.05) is 0 Å². The summed E-state index contributed by atoms with van der Waals surface area (Å²) in [5, 5.41) is 9.20. The zero-order chi connectivity index (χ0) is 13.9. The highest BCUT2D eigenvalue weighted by Crippen LogP contribution is 2.25. The first-order chi connectivity index (χ1) is 8.27. The molecule has 8 heteroatoms. The van der Waals surface area contributed by atoms with Gasteiger partial charge in [0.25, 0.3) is 0 Å². The normalized spacial score (nSPS) is 13.3. The highest BCUT2D eigenvalue weighted by Gasteiger charge is 2.24. The van der Waals surface area contributed by atoms with Crippen LogP contribution < -0.4 is 4.72 Å². The van der Waals surface area contributed by atoms with E-state index in [0.29, 0.717) is 9.50 Å². The molecule has 0 aliphatic carbocycles. The molecule has 0 bridgehead atoms. The Bertz CT molecular complexity index is 561. The molecule has 0 aromatic heterocycles. The lowest BCUT2D eigenvalue weighted by atomic mass is 10.2. The number of hydrogen-bond donors (Lipinski definition) is 2. The van der Waals surface area contributed by atoms with Crippen LogP contribution in [0.3, 0.4) is 0 Å². The molecule has 0 saturated heterocycles. The van der Waals surface area contributed by atoms with Crippen molar-refractivity contribution in [1.29, 1.82) is 0 Å². The number of rotatable bonds is 5. The van der Waals surface area contributed by atoms with Crippen LogP contribution in [-0.4, -0.2) is 25.5 Å². The van der Waals surface area contributed by atoms with E-state index >= 15 is 0 Å². The zero-order valence-electron chi connectivity index (χ0n) is 9.35. The Hall–Kier alpha value is -0.630. The number of nitrogens with one attached hydrogen (secondary N) is 1. The molecular formula is C10H11BrClNO4S. The fourth-order valence-electron chi connectivity index (χ4n) is 1.21. The van der Waals surface area contributed by atoms with Gasteiger partial charge in [-0.2, -0.15) is 4.72 Å². The first-order valence-electron chi connectivity index (χ1n) is 4.98. The van der Waals surface area contributed by atoms with Gasteiger partial charge in [0.2, 0.25) is 10.0 Å². The Labute approximate surface area is 118 Å². The van der Waals surface area contributed by atoms with Crippen molar-refractivity contribution < 1.29 is 18.3 Å². The third-order valence-corrected chi connectivity index (χ3v) is 4.89. The van der Waals surface area contributed by atoms with Gasteiger partial charge in [0, 0.05) is 4.47 Å². The molecule has 0 aliphatic rings. The molecule has 18 heavy (non-hydrogen) atoms. The van der Waals surface area contributed by atoms with Crippen molar-refractivity contribution in [2.45, 2.75) is 24.3 Å².